The van der Waals surface area contributed by atoms with Crippen LogP contribution in [0.25, 0.3) is 0 Å². The summed E-state index contributed by atoms with van der Waals surface area (Å²) in [6.45, 7) is 13.3. The van der Waals surface area contributed by atoms with Crippen LogP contribution in [0.4, 0.5) is 0 Å². The van der Waals surface area contributed by atoms with Gasteiger partial charge in [-0.1, -0.05) is 13.3 Å². The number of nitrogens with one attached hydrogen (secondary N) is 2. The number of hydrogen-bond acceptors (Lipinski definition) is 2. The summed E-state index contributed by atoms with van der Waals surface area (Å²) in [6, 6.07) is 1.16. The molecule has 2 N–H and O–H groups in total. The van der Waals surface area contributed by atoms with Gasteiger partial charge in [0, 0.05) is 38.3 Å². The second kappa shape index (κ2) is 9.18. The fourth-order valence-corrected chi connectivity index (χ4v) is 3.01. The van der Waals surface area contributed by atoms with E-state index in [2.05, 4.69) is 43.2 Å². The van der Waals surface area contributed by atoms with Crippen molar-refractivity contribution in [2.24, 2.45) is 16.8 Å². The minimum atomic E-state index is 0. The number of halogens is 1. The molecule has 0 aromatic rings. The molecule has 1 saturated heterocycles. The first-order valence-corrected chi connectivity index (χ1v) is 8.39. The van der Waals surface area contributed by atoms with E-state index in [1.165, 1.54) is 25.8 Å². The second-order valence-corrected chi connectivity index (χ2v) is 6.79. The molecule has 0 aromatic carbocycles. The topological polar surface area (TPSA) is 39.7 Å². The second-order valence-electron chi connectivity index (χ2n) is 6.79. The Kier molecular flexibility index (Phi) is 8.31. The van der Waals surface area contributed by atoms with Gasteiger partial charge in [0.1, 0.15) is 0 Å². The summed E-state index contributed by atoms with van der Waals surface area (Å²) in [7, 11) is 0. The summed E-state index contributed by atoms with van der Waals surface area (Å²) >= 11 is 0. The van der Waals surface area contributed by atoms with Crippen LogP contribution in [0.2, 0.25) is 0 Å². The first-order chi connectivity index (χ1) is 9.60. The zero-order valence-electron chi connectivity index (χ0n) is 14.1. The Hall–Kier alpha value is -0.0400. The molecule has 0 bridgehead atoms. The highest BCUT2D eigenvalue weighted by atomic mass is 127. The van der Waals surface area contributed by atoms with Gasteiger partial charge in [0.15, 0.2) is 5.96 Å². The normalized spacial score (nSPS) is 27.4. The van der Waals surface area contributed by atoms with E-state index in [1.54, 1.807) is 0 Å². The lowest BCUT2D eigenvalue weighted by Crippen LogP contribution is -2.47. The third kappa shape index (κ3) is 5.58. The number of aliphatic imine (C=N–C) groups is 1. The highest BCUT2D eigenvalue weighted by molar-refractivity contribution is 14.0. The van der Waals surface area contributed by atoms with E-state index in [0.717, 1.165) is 31.5 Å². The quantitative estimate of drug-likeness (QED) is 0.418. The maximum atomic E-state index is 4.78. The first-order valence-electron chi connectivity index (χ1n) is 8.39. The van der Waals surface area contributed by atoms with Gasteiger partial charge in [-0.15, -0.1) is 24.0 Å². The Morgan fingerprint density at radius 1 is 1.29 bits per heavy atom. The van der Waals surface area contributed by atoms with E-state index < -0.39 is 0 Å². The van der Waals surface area contributed by atoms with Gasteiger partial charge in [-0.05, 0) is 45.4 Å². The average molecular weight is 408 g/mol. The third-order valence-corrected chi connectivity index (χ3v) is 4.77. The molecule has 0 radical (unpaired) electrons. The highest BCUT2D eigenvalue weighted by Gasteiger charge is 2.31. The summed E-state index contributed by atoms with van der Waals surface area (Å²) in [5, 5.41) is 7.05. The SMILES string of the molecule is CCNC(=NCC1CCC1)NC1CN(C(C)C)CC1C.I. The van der Waals surface area contributed by atoms with Crippen molar-refractivity contribution in [2.75, 3.05) is 26.2 Å². The van der Waals surface area contributed by atoms with Gasteiger partial charge in [-0.25, -0.2) is 0 Å². The van der Waals surface area contributed by atoms with Crippen molar-refractivity contribution < 1.29 is 0 Å². The lowest BCUT2D eigenvalue weighted by Gasteiger charge is -2.25. The summed E-state index contributed by atoms with van der Waals surface area (Å²) in [5.74, 6) is 2.53. The molecule has 0 aromatic heterocycles. The smallest absolute Gasteiger partial charge is 0.191 e. The van der Waals surface area contributed by atoms with Crippen molar-refractivity contribution in [3.05, 3.63) is 0 Å². The molecule has 5 heteroatoms. The molecular formula is C16H33IN4. The molecule has 21 heavy (non-hydrogen) atoms. The van der Waals surface area contributed by atoms with Crippen molar-refractivity contribution in [3.8, 4) is 0 Å². The van der Waals surface area contributed by atoms with E-state index in [9.17, 15) is 0 Å². The van der Waals surface area contributed by atoms with Crippen LogP contribution in [0.5, 0.6) is 0 Å². The van der Waals surface area contributed by atoms with Crippen molar-refractivity contribution in [1.29, 1.82) is 0 Å². The van der Waals surface area contributed by atoms with Crippen LogP contribution in [-0.2, 0) is 0 Å². The van der Waals surface area contributed by atoms with Crippen LogP contribution < -0.4 is 10.6 Å². The van der Waals surface area contributed by atoms with Gasteiger partial charge in [0.2, 0.25) is 0 Å². The first kappa shape index (κ1) is 19.0. The van der Waals surface area contributed by atoms with Gasteiger partial charge >= 0.3 is 0 Å². The molecule has 1 aliphatic carbocycles. The predicted molar refractivity (Wildman–Crippen MR) is 102 cm³/mol. The van der Waals surface area contributed by atoms with Crippen LogP contribution in [0.15, 0.2) is 4.99 Å². The zero-order chi connectivity index (χ0) is 14.5. The van der Waals surface area contributed by atoms with Gasteiger partial charge in [0.05, 0.1) is 0 Å². The monoisotopic (exact) mass is 408 g/mol. The molecule has 124 valence electrons. The Labute approximate surface area is 147 Å². The van der Waals surface area contributed by atoms with E-state index >= 15 is 0 Å². The Morgan fingerprint density at radius 3 is 2.48 bits per heavy atom. The van der Waals surface area contributed by atoms with Crippen molar-refractivity contribution >= 4 is 29.9 Å². The molecule has 0 spiro atoms. The number of guanidine groups is 1. The minimum Gasteiger partial charge on any atom is -0.357 e. The van der Waals surface area contributed by atoms with Crippen LogP contribution in [-0.4, -0.2) is 49.1 Å². The van der Waals surface area contributed by atoms with Crippen molar-refractivity contribution in [2.45, 2.75) is 59.0 Å². The maximum absolute atomic E-state index is 4.78. The average Bonchev–Trinajstić information content (AvgIpc) is 2.69. The molecule has 1 saturated carbocycles. The molecular weight excluding hydrogens is 375 g/mol. The predicted octanol–water partition coefficient (Wildman–Crippen LogP) is 2.69. The van der Waals surface area contributed by atoms with E-state index in [1.807, 2.05) is 0 Å². The van der Waals surface area contributed by atoms with Crippen LogP contribution in [0.3, 0.4) is 0 Å². The lowest BCUT2D eigenvalue weighted by molar-refractivity contribution is 0.265. The minimum absolute atomic E-state index is 0. The molecule has 2 atom stereocenters. The Bertz CT molecular complexity index is 328. The maximum Gasteiger partial charge on any atom is 0.191 e. The third-order valence-electron chi connectivity index (χ3n) is 4.77. The van der Waals surface area contributed by atoms with E-state index in [0.29, 0.717) is 18.0 Å². The van der Waals surface area contributed by atoms with Crippen LogP contribution >= 0.6 is 24.0 Å². The van der Waals surface area contributed by atoms with E-state index in [-0.39, 0.29) is 24.0 Å². The molecule has 2 rings (SSSR count). The van der Waals surface area contributed by atoms with Crippen molar-refractivity contribution in [3.63, 3.8) is 0 Å². The molecule has 0 amide bonds. The molecule has 2 unspecified atom stereocenters. The zero-order valence-corrected chi connectivity index (χ0v) is 16.4. The molecule has 1 aliphatic heterocycles. The summed E-state index contributed by atoms with van der Waals surface area (Å²) < 4.78 is 0. The fourth-order valence-electron chi connectivity index (χ4n) is 3.01. The standard InChI is InChI=1S/C16H32N4.HI/c1-5-17-16(18-9-14-7-6-8-14)19-15-11-20(12(2)3)10-13(15)4;/h12-15H,5-11H2,1-4H3,(H2,17,18,19);1H. The molecule has 4 nitrogen and oxygen atoms in total. The highest BCUT2D eigenvalue weighted by Crippen LogP contribution is 2.26. The summed E-state index contributed by atoms with van der Waals surface area (Å²) in [4.78, 5) is 7.33. The van der Waals surface area contributed by atoms with Gasteiger partial charge in [0.25, 0.3) is 0 Å². The lowest BCUT2D eigenvalue weighted by atomic mass is 9.86. The number of likely N-dealkylation sites (tertiary alicyclic amines) is 1. The largest absolute Gasteiger partial charge is 0.357 e. The Morgan fingerprint density at radius 2 is 2.00 bits per heavy atom. The number of nitrogens with zero attached hydrogens (tertiary/aromatic N) is 2. The van der Waals surface area contributed by atoms with Gasteiger partial charge in [-0.3, -0.25) is 9.89 Å². The van der Waals surface area contributed by atoms with Crippen molar-refractivity contribution in [1.82, 2.24) is 15.5 Å². The fraction of sp³-hybridized carbons (Fsp3) is 0.938. The summed E-state index contributed by atoms with van der Waals surface area (Å²) in [6.07, 6.45) is 4.13. The molecule has 2 fully saturated rings. The van der Waals surface area contributed by atoms with Gasteiger partial charge < -0.3 is 10.6 Å². The number of rotatable bonds is 5. The van der Waals surface area contributed by atoms with Crippen LogP contribution in [0.1, 0.15) is 47.0 Å². The van der Waals surface area contributed by atoms with Gasteiger partial charge in [-0.2, -0.15) is 0 Å². The molecule has 1 heterocycles. The van der Waals surface area contributed by atoms with Crippen LogP contribution in [0, 0.1) is 11.8 Å². The summed E-state index contributed by atoms with van der Waals surface area (Å²) in [5.41, 5.74) is 0. The molecule has 2 aliphatic rings. The van der Waals surface area contributed by atoms with E-state index in [4.69, 9.17) is 4.99 Å². The Balaban J connectivity index is 0.00000220. The number of hydrogen-bond donors (Lipinski definition) is 2.